The molecule has 2 aliphatic rings. The van der Waals surface area contributed by atoms with E-state index in [1.54, 1.807) is 6.07 Å². The topological polar surface area (TPSA) is 81.0 Å². The molecule has 0 bridgehead atoms. The number of anilines is 1. The van der Waals surface area contributed by atoms with Crippen molar-refractivity contribution in [3.8, 4) is 11.5 Å². The second-order valence-electron chi connectivity index (χ2n) is 8.31. The molecule has 7 heteroatoms. The fraction of sp³-hybridized carbons (Fsp3) is 0.360. The molecule has 1 saturated heterocycles. The van der Waals surface area contributed by atoms with Crippen LogP contribution < -0.4 is 20.4 Å². The van der Waals surface area contributed by atoms with Crippen LogP contribution in [-0.4, -0.2) is 37.1 Å². The average Bonchev–Trinajstić information content (AvgIpc) is 3.16. The largest absolute Gasteiger partial charge is 0.490 e. The summed E-state index contributed by atoms with van der Waals surface area (Å²) in [4.78, 5) is 26.7. The van der Waals surface area contributed by atoms with Gasteiger partial charge in [-0.25, -0.2) is 4.79 Å². The molecule has 3 aromatic rings. The molecule has 0 unspecified atom stereocenters. The molecule has 0 aliphatic carbocycles. The van der Waals surface area contributed by atoms with E-state index in [0.717, 1.165) is 59.5 Å². The van der Waals surface area contributed by atoms with Crippen molar-refractivity contribution in [1.82, 2.24) is 4.90 Å². The predicted octanol–water partition coefficient (Wildman–Crippen LogP) is 4.04. The highest BCUT2D eigenvalue weighted by atomic mass is 16.5. The zero-order valence-electron chi connectivity index (χ0n) is 18.1. The Balaban J connectivity index is 1.29. The molecule has 166 valence electrons. The van der Waals surface area contributed by atoms with E-state index in [1.165, 1.54) is 6.07 Å². The van der Waals surface area contributed by atoms with Crippen molar-refractivity contribution in [3.05, 3.63) is 64.0 Å². The van der Waals surface area contributed by atoms with Crippen LogP contribution in [0.1, 0.15) is 36.4 Å². The molecule has 5 rings (SSSR count). The van der Waals surface area contributed by atoms with E-state index in [-0.39, 0.29) is 24.1 Å². The van der Waals surface area contributed by atoms with Gasteiger partial charge in [0.05, 0.1) is 25.8 Å². The lowest BCUT2D eigenvalue weighted by Crippen LogP contribution is -2.35. The van der Waals surface area contributed by atoms with Crippen LogP contribution in [0.15, 0.2) is 51.7 Å². The van der Waals surface area contributed by atoms with Crippen molar-refractivity contribution in [3.63, 3.8) is 0 Å². The molecule has 0 radical (unpaired) electrons. The van der Waals surface area contributed by atoms with Crippen LogP contribution in [0.25, 0.3) is 11.0 Å². The third-order valence-electron chi connectivity index (χ3n) is 6.12. The van der Waals surface area contributed by atoms with Gasteiger partial charge in [0.15, 0.2) is 11.5 Å². The van der Waals surface area contributed by atoms with Crippen LogP contribution in [0, 0.1) is 6.92 Å². The highest BCUT2D eigenvalue weighted by molar-refractivity contribution is 5.85. The Morgan fingerprint density at radius 2 is 1.91 bits per heavy atom. The molecule has 2 aromatic carbocycles. The summed E-state index contributed by atoms with van der Waals surface area (Å²) >= 11 is 0. The van der Waals surface area contributed by atoms with E-state index in [9.17, 15) is 9.59 Å². The second-order valence-corrected chi connectivity index (χ2v) is 8.31. The van der Waals surface area contributed by atoms with Crippen LogP contribution in [0.2, 0.25) is 0 Å². The number of carbonyl (C=O) groups is 1. The van der Waals surface area contributed by atoms with Gasteiger partial charge >= 0.3 is 5.63 Å². The van der Waals surface area contributed by atoms with E-state index in [2.05, 4.69) is 5.32 Å². The van der Waals surface area contributed by atoms with Crippen molar-refractivity contribution in [1.29, 1.82) is 0 Å². The second kappa shape index (κ2) is 8.57. The van der Waals surface area contributed by atoms with Crippen LogP contribution >= 0.6 is 0 Å². The summed E-state index contributed by atoms with van der Waals surface area (Å²) < 4.78 is 16.9. The maximum atomic E-state index is 13.1. The Kier molecular flexibility index (Phi) is 5.47. The molecule has 1 aromatic heterocycles. The van der Waals surface area contributed by atoms with E-state index in [1.807, 2.05) is 42.2 Å². The van der Waals surface area contributed by atoms with Gasteiger partial charge in [0.25, 0.3) is 0 Å². The van der Waals surface area contributed by atoms with Crippen molar-refractivity contribution >= 4 is 22.6 Å². The SMILES string of the molecule is Cc1cc(=O)oc2cc(NCC(=O)N3CCC[C@@H]3c3ccc4c(c3)OCCCO4)ccc12. The molecule has 1 atom stereocenters. The smallest absolute Gasteiger partial charge is 0.336 e. The first-order valence-electron chi connectivity index (χ1n) is 11.1. The maximum absolute atomic E-state index is 13.1. The van der Waals surface area contributed by atoms with Crippen molar-refractivity contribution in [2.24, 2.45) is 0 Å². The minimum absolute atomic E-state index is 0.0266. The Bertz CT molecular complexity index is 1220. The number of aryl methyl sites for hydroxylation is 1. The van der Waals surface area contributed by atoms with Gasteiger partial charge < -0.3 is 24.1 Å². The summed E-state index contributed by atoms with van der Waals surface area (Å²) in [6.45, 7) is 4.07. The molecule has 0 spiro atoms. The van der Waals surface area contributed by atoms with Crippen LogP contribution in [-0.2, 0) is 4.79 Å². The number of hydrogen-bond acceptors (Lipinski definition) is 6. The number of benzene rings is 2. The van der Waals surface area contributed by atoms with Crippen LogP contribution in [0.3, 0.4) is 0 Å². The summed E-state index contributed by atoms with van der Waals surface area (Å²) in [7, 11) is 0. The Morgan fingerprint density at radius 1 is 1.06 bits per heavy atom. The monoisotopic (exact) mass is 434 g/mol. The first-order valence-corrected chi connectivity index (χ1v) is 11.1. The lowest BCUT2D eigenvalue weighted by atomic mass is 10.0. The number of nitrogens with one attached hydrogen (secondary N) is 1. The highest BCUT2D eigenvalue weighted by Crippen LogP contribution is 2.38. The van der Waals surface area contributed by atoms with Gasteiger partial charge in [-0.05, 0) is 55.2 Å². The molecule has 2 aliphatic heterocycles. The lowest BCUT2D eigenvalue weighted by Gasteiger charge is -2.26. The predicted molar refractivity (Wildman–Crippen MR) is 121 cm³/mol. The molecule has 3 heterocycles. The number of carbonyl (C=O) groups excluding carboxylic acids is 1. The number of amides is 1. The molecule has 1 fully saturated rings. The molecule has 32 heavy (non-hydrogen) atoms. The summed E-state index contributed by atoms with van der Waals surface area (Å²) in [6, 6.07) is 13.1. The van der Waals surface area contributed by atoms with Gasteiger partial charge in [-0.1, -0.05) is 6.07 Å². The fourth-order valence-corrected chi connectivity index (χ4v) is 4.51. The minimum Gasteiger partial charge on any atom is -0.490 e. The van der Waals surface area contributed by atoms with E-state index >= 15 is 0 Å². The van der Waals surface area contributed by atoms with Crippen molar-refractivity contribution in [2.75, 3.05) is 31.6 Å². The summed E-state index contributed by atoms with van der Waals surface area (Å²) in [5.41, 5.74) is 2.82. The third kappa shape index (κ3) is 4.02. The van der Waals surface area contributed by atoms with Gasteiger partial charge in [-0.15, -0.1) is 0 Å². The number of ether oxygens (including phenoxy) is 2. The standard InChI is InChI=1S/C25H26N2O5/c1-16-12-25(29)32-22-14-18(6-7-19(16)22)26-15-24(28)27-9-2-4-20(27)17-5-8-21-23(13-17)31-11-3-10-30-21/h5-8,12-14,20,26H,2-4,9-11,15H2,1H3/t20-/m1/s1. The molecule has 7 nitrogen and oxygen atoms in total. The third-order valence-corrected chi connectivity index (χ3v) is 6.12. The molecule has 1 amide bonds. The Morgan fingerprint density at radius 3 is 2.78 bits per heavy atom. The number of rotatable bonds is 4. The summed E-state index contributed by atoms with van der Waals surface area (Å²) in [5.74, 6) is 1.55. The first kappa shape index (κ1) is 20.4. The van der Waals surface area contributed by atoms with Crippen molar-refractivity contribution in [2.45, 2.75) is 32.2 Å². The average molecular weight is 434 g/mol. The van der Waals surface area contributed by atoms with E-state index in [4.69, 9.17) is 13.9 Å². The fourth-order valence-electron chi connectivity index (χ4n) is 4.51. The Labute approximate surface area is 185 Å². The number of nitrogens with zero attached hydrogens (tertiary/aromatic N) is 1. The molecule has 1 N–H and O–H groups in total. The molecular weight excluding hydrogens is 408 g/mol. The molecule has 0 saturated carbocycles. The van der Waals surface area contributed by atoms with Gasteiger partial charge in [0.2, 0.25) is 5.91 Å². The van der Waals surface area contributed by atoms with Gasteiger partial charge in [0.1, 0.15) is 5.58 Å². The van der Waals surface area contributed by atoms with E-state index in [0.29, 0.717) is 18.8 Å². The highest BCUT2D eigenvalue weighted by Gasteiger charge is 2.30. The van der Waals surface area contributed by atoms with Crippen LogP contribution in [0.4, 0.5) is 5.69 Å². The zero-order valence-corrected chi connectivity index (χ0v) is 18.1. The number of hydrogen-bond donors (Lipinski definition) is 1. The normalized spacial score (nSPS) is 17.9. The zero-order chi connectivity index (χ0) is 22.1. The quantitative estimate of drug-likeness (QED) is 0.625. The van der Waals surface area contributed by atoms with Gasteiger partial charge in [0, 0.05) is 36.2 Å². The number of likely N-dealkylation sites (tertiary alicyclic amines) is 1. The molecular formula is C25H26N2O5. The Hall–Kier alpha value is -3.48. The van der Waals surface area contributed by atoms with Crippen LogP contribution in [0.5, 0.6) is 11.5 Å². The summed E-state index contributed by atoms with van der Waals surface area (Å²) in [6.07, 6.45) is 2.75. The van der Waals surface area contributed by atoms with E-state index < -0.39 is 0 Å². The van der Waals surface area contributed by atoms with Gasteiger partial charge in [-0.3, -0.25) is 4.79 Å². The van der Waals surface area contributed by atoms with Crippen molar-refractivity contribution < 1.29 is 18.7 Å². The number of fused-ring (bicyclic) bond motifs is 2. The maximum Gasteiger partial charge on any atom is 0.336 e. The summed E-state index contributed by atoms with van der Waals surface area (Å²) in [5, 5.41) is 4.07. The van der Waals surface area contributed by atoms with Gasteiger partial charge in [-0.2, -0.15) is 0 Å². The lowest BCUT2D eigenvalue weighted by molar-refractivity contribution is -0.130. The first-order chi connectivity index (χ1) is 15.6. The minimum atomic E-state index is -0.377.